The molecule has 7 heteroatoms. The molecule has 0 N–H and O–H groups in total. The molecule has 0 saturated heterocycles. The number of aromatic nitrogens is 1. The van der Waals surface area contributed by atoms with Crippen molar-refractivity contribution in [3.05, 3.63) is 118 Å². The van der Waals surface area contributed by atoms with Gasteiger partial charge in [-0.1, -0.05) is 41.6 Å². The molecule has 30 heavy (non-hydrogen) atoms. The van der Waals surface area contributed by atoms with E-state index in [1.54, 1.807) is 48.8 Å². The van der Waals surface area contributed by atoms with E-state index in [1.807, 2.05) is 30.3 Å². The third-order valence-corrected chi connectivity index (χ3v) is 4.53. The molecule has 7 nitrogen and oxygen atoms in total. The van der Waals surface area contributed by atoms with Gasteiger partial charge in [0.15, 0.2) is 0 Å². The van der Waals surface area contributed by atoms with E-state index in [0.29, 0.717) is 22.4 Å². The average Bonchev–Trinajstić information content (AvgIpc) is 2.79. The first kappa shape index (κ1) is 18.9. The minimum absolute atomic E-state index is 0.0411. The van der Waals surface area contributed by atoms with Gasteiger partial charge in [-0.05, 0) is 41.1 Å². The lowest BCUT2D eigenvalue weighted by atomic mass is 10.0. The number of nitro benzene ring substituents is 1. The Labute approximate surface area is 171 Å². The molecule has 0 atom stereocenters. The molecule has 0 fully saturated rings. The van der Waals surface area contributed by atoms with E-state index >= 15 is 0 Å². The smallest absolute Gasteiger partial charge is 0.312 e. The zero-order valence-electron chi connectivity index (χ0n) is 15.6. The van der Waals surface area contributed by atoms with Crippen molar-refractivity contribution in [2.24, 2.45) is 5.16 Å². The van der Waals surface area contributed by atoms with Crippen molar-refractivity contribution in [3.63, 3.8) is 0 Å². The van der Waals surface area contributed by atoms with Crippen LogP contribution in [0.2, 0.25) is 0 Å². The summed E-state index contributed by atoms with van der Waals surface area (Å²) in [5.41, 5.74) is 1.94. The van der Waals surface area contributed by atoms with Gasteiger partial charge >= 0.3 is 5.97 Å². The molecular formula is C23H15N3O4. The molecule has 0 spiro atoms. The number of non-ortho nitro benzene ring substituents is 1. The van der Waals surface area contributed by atoms with E-state index in [1.165, 1.54) is 12.1 Å². The molecule has 1 heterocycles. The molecule has 0 aliphatic heterocycles. The van der Waals surface area contributed by atoms with Gasteiger partial charge in [0.25, 0.3) is 5.69 Å². The highest BCUT2D eigenvalue weighted by Gasteiger charge is 2.15. The lowest BCUT2D eigenvalue weighted by Crippen LogP contribution is -2.08. The number of carbonyl (C=O) groups is 1. The molecule has 0 amide bonds. The van der Waals surface area contributed by atoms with Crippen molar-refractivity contribution in [1.29, 1.82) is 0 Å². The van der Waals surface area contributed by atoms with Crippen molar-refractivity contribution in [3.8, 4) is 0 Å². The van der Waals surface area contributed by atoms with Crippen molar-refractivity contribution >= 4 is 28.1 Å². The summed E-state index contributed by atoms with van der Waals surface area (Å²) in [7, 11) is 0. The van der Waals surface area contributed by atoms with Crippen molar-refractivity contribution in [2.75, 3.05) is 0 Å². The Bertz CT molecular complexity index is 1250. The highest BCUT2D eigenvalue weighted by molar-refractivity contribution is 6.13. The normalized spacial score (nSPS) is 11.3. The summed E-state index contributed by atoms with van der Waals surface area (Å²) < 4.78 is 0. The van der Waals surface area contributed by atoms with E-state index < -0.39 is 10.9 Å². The van der Waals surface area contributed by atoms with Crippen LogP contribution in [0, 0.1) is 10.1 Å². The second-order valence-electron chi connectivity index (χ2n) is 6.39. The number of hydrogen-bond donors (Lipinski definition) is 0. The maximum Gasteiger partial charge on any atom is 0.366 e. The van der Waals surface area contributed by atoms with Crippen LogP contribution in [0.25, 0.3) is 10.8 Å². The van der Waals surface area contributed by atoms with Crippen molar-refractivity contribution < 1.29 is 14.6 Å². The number of hydrogen-bond acceptors (Lipinski definition) is 6. The van der Waals surface area contributed by atoms with Crippen molar-refractivity contribution in [2.45, 2.75) is 0 Å². The van der Waals surface area contributed by atoms with Gasteiger partial charge in [0.2, 0.25) is 0 Å². The van der Waals surface area contributed by atoms with Crippen LogP contribution in [-0.2, 0) is 4.84 Å². The number of oxime groups is 1. The first-order valence-corrected chi connectivity index (χ1v) is 9.06. The molecule has 0 saturated carbocycles. The molecule has 3 aromatic carbocycles. The minimum atomic E-state index is -0.597. The lowest BCUT2D eigenvalue weighted by Gasteiger charge is -2.08. The molecule has 146 valence electrons. The molecular weight excluding hydrogens is 382 g/mol. The van der Waals surface area contributed by atoms with E-state index in [9.17, 15) is 14.9 Å². The Balaban J connectivity index is 1.70. The summed E-state index contributed by atoms with van der Waals surface area (Å²) in [6, 6.07) is 22.2. The van der Waals surface area contributed by atoms with Gasteiger partial charge in [-0.25, -0.2) is 4.79 Å². The SMILES string of the molecule is O=C(ON=C(c1ccncc1)c1ccc([N+](=O)[O-])cc1)c1cccc2ccccc12. The summed E-state index contributed by atoms with van der Waals surface area (Å²) in [5, 5.41) is 16.7. The van der Waals surface area contributed by atoms with Crippen LogP contribution in [-0.4, -0.2) is 21.6 Å². The third kappa shape index (κ3) is 3.90. The standard InChI is InChI=1S/C23H15N3O4/c27-23(21-7-3-5-16-4-1-2-6-20(16)21)30-25-22(18-12-14-24-15-13-18)17-8-10-19(11-9-17)26(28)29/h1-15H. The van der Waals surface area contributed by atoms with Gasteiger partial charge in [-0.3, -0.25) is 15.1 Å². The van der Waals surface area contributed by atoms with Crippen molar-refractivity contribution in [1.82, 2.24) is 4.98 Å². The molecule has 0 aliphatic rings. The number of nitro groups is 1. The van der Waals surface area contributed by atoms with Crippen LogP contribution in [0.15, 0.2) is 96.4 Å². The average molecular weight is 397 g/mol. The van der Waals surface area contributed by atoms with Gasteiger partial charge in [-0.2, -0.15) is 0 Å². The number of pyridine rings is 1. The Kier molecular flexibility index (Phi) is 5.25. The number of rotatable bonds is 5. The van der Waals surface area contributed by atoms with Gasteiger partial charge in [0.05, 0.1) is 10.5 Å². The van der Waals surface area contributed by atoms with E-state index in [-0.39, 0.29) is 5.69 Å². The predicted octanol–water partition coefficient (Wildman–Crippen LogP) is 4.75. The minimum Gasteiger partial charge on any atom is -0.312 e. The monoisotopic (exact) mass is 397 g/mol. The Morgan fingerprint density at radius 1 is 0.867 bits per heavy atom. The maximum absolute atomic E-state index is 12.7. The summed E-state index contributed by atoms with van der Waals surface area (Å²) >= 11 is 0. The van der Waals surface area contributed by atoms with Crippen LogP contribution in [0.3, 0.4) is 0 Å². The maximum atomic E-state index is 12.7. The number of nitrogens with zero attached hydrogens (tertiary/aromatic N) is 3. The molecule has 0 bridgehead atoms. The fourth-order valence-corrected chi connectivity index (χ4v) is 3.06. The van der Waals surface area contributed by atoms with E-state index in [0.717, 1.165) is 10.8 Å². The summed E-state index contributed by atoms with van der Waals surface area (Å²) in [6.45, 7) is 0. The molecule has 0 aliphatic carbocycles. The topological polar surface area (TPSA) is 94.7 Å². The largest absolute Gasteiger partial charge is 0.366 e. The molecule has 4 aromatic rings. The quantitative estimate of drug-likeness (QED) is 0.210. The Morgan fingerprint density at radius 3 is 2.27 bits per heavy atom. The Hall–Kier alpha value is -4.39. The first-order valence-electron chi connectivity index (χ1n) is 9.06. The summed E-state index contributed by atoms with van der Waals surface area (Å²) in [6.07, 6.45) is 3.17. The van der Waals surface area contributed by atoms with Crippen LogP contribution >= 0.6 is 0 Å². The molecule has 4 rings (SSSR count). The van der Waals surface area contributed by atoms with Crippen LogP contribution in [0.4, 0.5) is 5.69 Å². The van der Waals surface area contributed by atoms with Crippen LogP contribution in [0.1, 0.15) is 21.5 Å². The van der Waals surface area contributed by atoms with Crippen LogP contribution in [0.5, 0.6) is 0 Å². The summed E-state index contributed by atoms with van der Waals surface area (Å²) in [4.78, 5) is 32.5. The number of carbonyl (C=O) groups excluding carboxylic acids is 1. The summed E-state index contributed by atoms with van der Waals surface area (Å²) in [5.74, 6) is -0.597. The van der Waals surface area contributed by atoms with Gasteiger partial charge in [-0.15, -0.1) is 0 Å². The molecule has 0 radical (unpaired) electrons. The Morgan fingerprint density at radius 2 is 1.53 bits per heavy atom. The second-order valence-corrected chi connectivity index (χ2v) is 6.39. The number of benzene rings is 3. The highest BCUT2D eigenvalue weighted by atomic mass is 16.7. The first-order chi connectivity index (χ1) is 14.6. The van der Waals surface area contributed by atoms with Gasteiger partial charge < -0.3 is 4.84 Å². The molecule has 1 aromatic heterocycles. The molecule has 0 unspecified atom stereocenters. The van der Waals surface area contributed by atoms with Crippen LogP contribution < -0.4 is 0 Å². The van der Waals surface area contributed by atoms with E-state index in [4.69, 9.17) is 4.84 Å². The van der Waals surface area contributed by atoms with Gasteiger partial charge in [0, 0.05) is 35.7 Å². The fourth-order valence-electron chi connectivity index (χ4n) is 3.06. The zero-order chi connectivity index (χ0) is 20.9. The fraction of sp³-hybridized carbons (Fsp3) is 0. The number of fused-ring (bicyclic) bond motifs is 1. The highest BCUT2D eigenvalue weighted by Crippen LogP contribution is 2.20. The zero-order valence-corrected chi connectivity index (χ0v) is 15.6. The lowest BCUT2D eigenvalue weighted by molar-refractivity contribution is -0.384. The predicted molar refractivity (Wildman–Crippen MR) is 112 cm³/mol. The third-order valence-electron chi connectivity index (χ3n) is 4.53. The second kappa shape index (κ2) is 8.32. The van der Waals surface area contributed by atoms with E-state index in [2.05, 4.69) is 10.1 Å². The van der Waals surface area contributed by atoms with Gasteiger partial charge in [0.1, 0.15) is 5.71 Å².